The van der Waals surface area contributed by atoms with E-state index in [-0.39, 0.29) is 25.2 Å². The molecule has 0 saturated carbocycles. The van der Waals surface area contributed by atoms with Crippen LogP contribution in [0.15, 0.2) is 36.5 Å². The minimum absolute atomic E-state index is 0.125. The summed E-state index contributed by atoms with van der Waals surface area (Å²) in [6, 6.07) is 4.22. The summed E-state index contributed by atoms with van der Waals surface area (Å²) in [4.78, 5) is 19.5. The number of alkyl halides is 6. The Bertz CT molecular complexity index is 910. The van der Waals surface area contributed by atoms with E-state index in [1.807, 2.05) is 0 Å². The molecule has 4 nitrogen and oxygen atoms in total. The van der Waals surface area contributed by atoms with Gasteiger partial charge in [0.25, 0.3) is 5.91 Å². The van der Waals surface area contributed by atoms with Crippen molar-refractivity contribution in [2.45, 2.75) is 18.8 Å². The first kappa shape index (κ1) is 21.8. The highest BCUT2D eigenvalue weighted by atomic mass is 19.4. The van der Waals surface area contributed by atoms with E-state index in [1.165, 1.54) is 11.0 Å². The van der Waals surface area contributed by atoms with Crippen LogP contribution >= 0.6 is 0 Å². The topological polar surface area (TPSA) is 36.4 Å². The molecule has 1 aliphatic heterocycles. The molecular formula is C19H16F7N3O. The van der Waals surface area contributed by atoms with Gasteiger partial charge >= 0.3 is 12.4 Å². The number of carbonyl (C=O) groups is 1. The Balaban J connectivity index is 1.71. The normalized spacial score (nSPS) is 15.8. The Kier molecular flexibility index (Phi) is 5.91. The third-order valence-corrected chi connectivity index (χ3v) is 4.70. The van der Waals surface area contributed by atoms with Crippen LogP contribution in [0, 0.1) is 5.82 Å². The number of benzene rings is 1. The molecule has 2 aromatic rings. The van der Waals surface area contributed by atoms with Gasteiger partial charge in [0, 0.05) is 37.9 Å². The maximum atomic E-state index is 13.4. The molecule has 3 rings (SSSR count). The molecule has 1 amide bonds. The Labute approximate surface area is 166 Å². The molecular weight excluding hydrogens is 419 g/mol. The number of rotatable bonds is 2. The highest BCUT2D eigenvalue weighted by Crippen LogP contribution is 2.32. The van der Waals surface area contributed by atoms with Crippen LogP contribution in [-0.2, 0) is 12.4 Å². The van der Waals surface area contributed by atoms with Gasteiger partial charge in [0.1, 0.15) is 11.6 Å². The summed E-state index contributed by atoms with van der Waals surface area (Å²) in [6.45, 7) is 0.992. The lowest BCUT2D eigenvalue weighted by atomic mass is 10.1. The van der Waals surface area contributed by atoms with Gasteiger partial charge in [-0.25, -0.2) is 9.37 Å². The van der Waals surface area contributed by atoms with E-state index in [9.17, 15) is 35.5 Å². The lowest BCUT2D eigenvalue weighted by molar-refractivity contribution is -0.140. The van der Waals surface area contributed by atoms with Crippen molar-refractivity contribution in [1.82, 2.24) is 9.88 Å². The Hall–Kier alpha value is -2.85. The number of nitrogens with zero attached hydrogens (tertiary/aromatic N) is 3. The zero-order chi connectivity index (χ0) is 22.1. The molecule has 0 radical (unpaired) electrons. The SMILES string of the molecule is O=C(c1ccc(F)c(C(F)(F)F)c1)N1CCCN(c2ccc(C(F)(F)F)cn2)CC1. The van der Waals surface area contributed by atoms with Crippen molar-refractivity contribution in [3.05, 3.63) is 59.0 Å². The first-order chi connectivity index (χ1) is 14.0. The molecule has 30 heavy (non-hydrogen) atoms. The molecule has 0 unspecified atom stereocenters. The smallest absolute Gasteiger partial charge is 0.355 e. The summed E-state index contributed by atoms with van der Waals surface area (Å²) >= 11 is 0. The molecule has 2 heterocycles. The third kappa shape index (κ3) is 4.82. The van der Waals surface area contributed by atoms with E-state index in [2.05, 4.69) is 4.98 Å². The van der Waals surface area contributed by atoms with E-state index >= 15 is 0 Å². The second-order valence-electron chi connectivity index (χ2n) is 6.73. The molecule has 0 bridgehead atoms. The van der Waals surface area contributed by atoms with Crippen LogP contribution in [0.3, 0.4) is 0 Å². The molecule has 0 N–H and O–H groups in total. The van der Waals surface area contributed by atoms with E-state index < -0.39 is 35.2 Å². The quantitative estimate of drug-likeness (QED) is 0.647. The maximum absolute atomic E-state index is 13.4. The summed E-state index contributed by atoms with van der Waals surface area (Å²) in [5.41, 5.74) is -2.68. The Morgan fingerprint density at radius 3 is 2.23 bits per heavy atom. The highest BCUT2D eigenvalue weighted by Gasteiger charge is 2.35. The van der Waals surface area contributed by atoms with Crippen molar-refractivity contribution in [3.63, 3.8) is 0 Å². The number of carbonyl (C=O) groups excluding carboxylic acids is 1. The fourth-order valence-electron chi connectivity index (χ4n) is 3.15. The van der Waals surface area contributed by atoms with Crippen LogP contribution in [-0.4, -0.2) is 42.0 Å². The van der Waals surface area contributed by atoms with E-state index in [0.29, 0.717) is 30.9 Å². The van der Waals surface area contributed by atoms with Gasteiger partial charge in [-0.1, -0.05) is 0 Å². The van der Waals surface area contributed by atoms with Crippen molar-refractivity contribution >= 4 is 11.7 Å². The third-order valence-electron chi connectivity index (χ3n) is 4.70. The average molecular weight is 435 g/mol. The molecule has 162 valence electrons. The molecule has 11 heteroatoms. The predicted octanol–water partition coefficient (Wildman–Crippen LogP) is 4.61. The highest BCUT2D eigenvalue weighted by molar-refractivity contribution is 5.94. The van der Waals surface area contributed by atoms with E-state index in [0.717, 1.165) is 18.3 Å². The van der Waals surface area contributed by atoms with Crippen LogP contribution in [0.25, 0.3) is 0 Å². The van der Waals surface area contributed by atoms with Gasteiger partial charge in [-0.3, -0.25) is 4.79 Å². The number of halogens is 7. The number of aromatic nitrogens is 1. The molecule has 0 spiro atoms. The maximum Gasteiger partial charge on any atom is 0.419 e. The largest absolute Gasteiger partial charge is 0.419 e. The summed E-state index contributed by atoms with van der Waals surface area (Å²) in [7, 11) is 0. The summed E-state index contributed by atoms with van der Waals surface area (Å²) in [5.74, 6) is -1.84. The fraction of sp³-hybridized carbons (Fsp3) is 0.368. The van der Waals surface area contributed by atoms with Gasteiger partial charge in [0.2, 0.25) is 0 Å². The zero-order valence-corrected chi connectivity index (χ0v) is 15.4. The number of amides is 1. The van der Waals surface area contributed by atoms with Gasteiger partial charge in [-0.05, 0) is 36.8 Å². The van der Waals surface area contributed by atoms with Gasteiger partial charge in [0.05, 0.1) is 11.1 Å². The Morgan fingerprint density at radius 1 is 0.900 bits per heavy atom. The first-order valence-electron chi connectivity index (χ1n) is 8.91. The van der Waals surface area contributed by atoms with E-state index in [4.69, 9.17) is 0 Å². The van der Waals surface area contributed by atoms with Crippen molar-refractivity contribution in [2.75, 3.05) is 31.1 Å². The van der Waals surface area contributed by atoms with Crippen molar-refractivity contribution in [3.8, 4) is 0 Å². The van der Waals surface area contributed by atoms with E-state index in [1.54, 1.807) is 4.90 Å². The minimum atomic E-state index is -4.93. The predicted molar refractivity (Wildman–Crippen MR) is 93.4 cm³/mol. The van der Waals surface area contributed by atoms with Crippen LogP contribution in [0.4, 0.5) is 36.6 Å². The van der Waals surface area contributed by atoms with Gasteiger partial charge in [-0.15, -0.1) is 0 Å². The lowest BCUT2D eigenvalue weighted by Crippen LogP contribution is -2.35. The number of pyridine rings is 1. The summed E-state index contributed by atoms with van der Waals surface area (Å²) in [6.07, 6.45) is -8.27. The van der Waals surface area contributed by atoms with Gasteiger partial charge in [0.15, 0.2) is 0 Å². The second-order valence-corrected chi connectivity index (χ2v) is 6.73. The molecule has 1 fully saturated rings. The summed E-state index contributed by atoms with van der Waals surface area (Å²) < 4.78 is 90.1. The van der Waals surface area contributed by atoms with Crippen LogP contribution < -0.4 is 4.90 Å². The van der Waals surface area contributed by atoms with Crippen LogP contribution in [0.5, 0.6) is 0 Å². The van der Waals surface area contributed by atoms with Crippen LogP contribution in [0.2, 0.25) is 0 Å². The molecule has 1 aromatic carbocycles. The van der Waals surface area contributed by atoms with Gasteiger partial charge in [-0.2, -0.15) is 26.3 Å². The summed E-state index contributed by atoms with van der Waals surface area (Å²) in [5, 5.41) is 0. The molecule has 0 aliphatic carbocycles. The van der Waals surface area contributed by atoms with Crippen LogP contribution in [0.1, 0.15) is 27.9 Å². The molecule has 0 atom stereocenters. The van der Waals surface area contributed by atoms with Crippen molar-refractivity contribution in [2.24, 2.45) is 0 Å². The number of hydrogen-bond acceptors (Lipinski definition) is 3. The van der Waals surface area contributed by atoms with Gasteiger partial charge < -0.3 is 9.80 Å². The number of hydrogen-bond donors (Lipinski definition) is 0. The lowest BCUT2D eigenvalue weighted by Gasteiger charge is -2.23. The molecule has 1 aromatic heterocycles. The fourth-order valence-corrected chi connectivity index (χ4v) is 3.15. The minimum Gasteiger partial charge on any atom is -0.355 e. The monoisotopic (exact) mass is 435 g/mol. The second kappa shape index (κ2) is 8.11. The average Bonchev–Trinajstić information content (AvgIpc) is 2.92. The molecule has 1 saturated heterocycles. The Morgan fingerprint density at radius 2 is 1.63 bits per heavy atom. The first-order valence-corrected chi connectivity index (χ1v) is 8.91. The number of anilines is 1. The van der Waals surface area contributed by atoms with Crippen molar-refractivity contribution in [1.29, 1.82) is 0 Å². The standard InChI is InChI=1S/C19H16F7N3O/c20-15-4-2-12(10-14(15)19(24,25)26)17(30)29-7-1-6-28(8-9-29)16-5-3-13(11-27-16)18(21,22)23/h2-5,10-11H,1,6-9H2. The molecule has 1 aliphatic rings. The van der Waals surface area contributed by atoms with Crippen molar-refractivity contribution < 1.29 is 35.5 Å². The zero-order valence-electron chi connectivity index (χ0n) is 15.4.